The maximum Gasteiger partial charge on any atom is 0.393 e. The summed E-state index contributed by atoms with van der Waals surface area (Å²) in [6, 6.07) is 3.26. The van der Waals surface area contributed by atoms with Gasteiger partial charge >= 0.3 is 6.18 Å². The molecule has 1 aromatic heterocycles. The van der Waals surface area contributed by atoms with Crippen molar-refractivity contribution in [3.05, 3.63) is 23.9 Å². The first-order chi connectivity index (χ1) is 14.4. The van der Waals surface area contributed by atoms with E-state index < -0.39 is 44.6 Å². The molecule has 2 aliphatic heterocycles. The van der Waals surface area contributed by atoms with Crippen molar-refractivity contribution in [1.82, 2.24) is 13.6 Å². The highest BCUT2D eigenvalue weighted by Gasteiger charge is 2.48. The second kappa shape index (κ2) is 9.17. The molecule has 2 unspecified atom stereocenters. The first-order valence-corrected chi connectivity index (χ1v) is 12.9. The molecule has 176 valence electrons. The summed E-state index contributed by atoms with van der Waals surface area (Å²) in [4.78, 5) is 4.00. The molecule has 1 aromatic rings. The lowest BCUT2D eigenvalue weighted by Gasteiger charge is -2.40. The Hall–Kier alpha value is -1.48. The summed E-state index contributed by atoms with van der Waals surface area (Å²) in [5.74, 6) is -3.06. The topological polar surface area (TPSA) is 123 Å². The maximum atomic E-state index is 13.5. The van der Waals surface area contributed by atoms with E-state index in [-0.39, 0.29) is 56.6 Å². The molecule has 2 saturated heterocycles. The summed E-state index contributed by atoms with van der Waals surface area (Å²) in [5, 5.41) is 0. The van der Waals surface area contributed by atoms with Gasteiger partial charge < -0.3 is 10.5 Å². The van der Waals surface area contributed by atoms with Gasteiger partial charge in [-0.15, -0.1) is 0 Å². The van der Waals surface area contributed by atoms with Gasteiger partial charge in [0.05, 0.1) is 24.0 Å². The molecule has 9 nitrogen and oxygen atoms in total. The van der Waals surface area contributed by atoms with Crippen molar-refractivity contribution in [2.45, 2.75) is 19.1 Å². The molecule has 0 saturated carbocycles. The summed E-state index contributed by atoms with van der Waals surface area (Å²) >= 11 is 0. The van der Waals surface area contributed by atoms with Crippen molar-refractivity contribution in [2.24, 2.45) is 17.6 Å². The normalized spacial score (nSPS) is 25.9. The molecule has 0 spiro atoms. The van der Waals surface area contributed by atoms with E-state index in [1.54, 1.807) is 12.1 Å². The predicted octanol–water partition coefficient (Wildman–Crippen LogP) is 0.395. The van der Waals surface area contributed by atoms with Gasteiger partial charge in [-0.1, -0.05) is 0 Å². The highest BCUT2D eigenvalue weighted by molar-refractivity contribution is 7.91. The summed E-state index contributed by atoms with van der Waals surface area (Å²) in [6.45, 7) is -1.30. The van der Waals surface area contributed by atoms with E-state index in [1.165, 1.54) is 6.20 Å². The number of hydrogen-bond donors (Lipinski definition) is 1. The number of aromatic nitrogens is 1. The molecule has 2 N–H and O–H groups in total. The number of alkyl halides is 3. The van der Waals surface area contributed by atoms with Crippen molar-refractivity contribution in [3.63, 3.8) is 0 Å². The molecule has 0 aromatic carbocycles. The second-order valence-electron chi connectivity index (χ2n) is 7.73. The van der Waals surface area contributed by atoms with Gasteiger partial charge in [-0.05, 0) is 18.1 Å². The molecule has 31 heavy (non-hydrogen) atoms. The molecule has 2 fully saturated rings. The van der Waals surface area contributed by atoms with Gasteiger partial charge in [-0.2, -0.15) is 30.2 Å². The molecule has 0 bridgehead atoms. The molecule has 0 aliphatic carbocycles. The highest BCUT2D eigenvalue weighted by atomic mass is 32.2. The number of hydrogen-bond acceptors (Lipinski definition) is 7. The molecule has 0 radical (unpaired) electrons. The van der Waals surface area contributed by atoms with E-state index in [1.807, 2.05) is 0 Å². The average molecular weight is 487 g/mol. The fourth-order valence-corrected chi connectivity index (χ4v) is 6.83. The van der Waals surface area contributed by atoms with Gasteiger partial charge in [0.1, 0.15) is 0 Å². The fraction of sp³-hybridized carbons (Fsp3) is 0.706. The van der Waals surface area contributed by atoms with Crippen LogP contribution in [0.15, 0.2) is 18.3 Å². The van der Waals surface area contributed by atoms with Gasteiger partial charge in [-0.25, -0.2) is 13.4 Å². The standard InChI is InChI=1S/C17H25F3N4O5S2/c18-17(19,20)15-7-14(12-29-16-8-13(9-21)1-2-22-16)10-24(11-15)31(27,28)23-3-5-30(25,26)6-4-23/h1-2,8,14-15H,3-7,9-12,21H2. The van der Waals surface area contributed by atoms with E-state index in [9.17, 15) is 30.0 Å². The minimum atomic E-state index is -4.57. The lowest BCUT2D eigenvalue weighted by Crippen LogP contribution is -2.55. The SMILES string of the molecule is NCc1ccnc(OCC2CC(C(F)(F)F)CN(S(=O)(=O)N3CCS(=O)(=O)CC3)C2)c1. The molecule has 3 rings (SSSR count). The predicted molar refractivity (Wildman–Crippen MR) is 106 cm³/mol. The Bertz CT molecular complexity index is 974. The largest absolute Gasteiger partial charge is 0.477 e. The van der Waals surface area contributed by atoms with Gasteiger partial charge in [0.2, 0.25) is 5.88 Å². The van der Waals surface area contributed by atoms with Crippen LogP contribution in [-0.4, -0.2) is 80.9 Å². The Morgan fingerprint density at radius 2 is 1.87 bits per heavy atom. The van der Waals surface area contributed by atoms with Crippen LogP contribution in [0.1, 0.15) is 12.0 Å². The average Bonchev–Trinajstić information content (AvgIpc) is 2.71. The number of nitrogens with zero attached hydrogens (tertiary/aromatic N) is 3. The van der Waals surface area contributed by atoms with Crippen molar-refractivity contribution in [3.8, 4) is 5.88 Å². The van der Waals surface area contributed by atoms with Gasteiger partial charge in [-0.3, -0.25) is 0 Å². The van der Waals surface area contributed by atoms with Crippen molar-refractivity contribution < 1.29 is 34.7 Å². The Balaban J connectivity index is 1.74. The quantitative estimate of drug-likeness (QED) is 0.617. The second-order valence-corrected chi connectivity index (χ2v) is 12.0. The van der Waals surface area contributed by atoms with Crippen molar-refractivity contribution >= 4 is 20.0 Å². The summed E-state index contributed by atoms with van der Waals surface area (Å²) in [7, 11) is -7.58. The summed E-state index contributed by atoms with van der Waals surface area (Å²) in [6.07, 6.45) is -3.38. The lowest BCUT2D eigenvalue weighted by molar-refractivity contribution is -0.188. The van der Waals surface area contributed by atoms with Crippen LogP contribution in [0.25, 0.3) is 0 Å². The molecule has 2 aliphatic rings. The number of pyridine rings is 1. The van der Waals surface area contributed by atoms with E-state index in [2.05, 4.69) is 4.98 Å². The number of sulfone groups is 1. The van der Waals surface area contributed by atoms with E-state index in [0.29, 0.717) is 0 Å². The zero-order valence-electron chi connectivity index (χ0n) is 16.7. The number of halogens is 3. The minimum Gasteiger partial charge on any atom is -0.477 e. The van der Waals surface area contributed by atoms with E-state index in [0.717, 1.165) is 14.2 Å². The van der Waals surface area contributed by atoms with Crippen LogP contribution in [0.4, 0.5) is 13.2 Å². The molecular formula is C17H25F3N4O5S2. The van der Waals surface area contributed by atoms with Gasteiger partial charge in [0.15, 0.2) is 9.84 Å². The third-order valence-electron chi connectivity index (χ3n) is 5.42. The van der Waals surface area contributed by atoms with E-state index in [4.69, 9.17) is 10.5 Å². The van der Waals surface area contributed by atoms with Crippen molar-refractivity contribution in [1.29, 1.82) is 0 Å². The molecular weight excluding hydrogens is 461 g/mol. The zero-order chi connectivity index (χ0) is 22.9. The first-order valence-electron chi connectivity index (χ1n) is 9.71. The fourth-order valence-electron chi connectivity index (χ4n) is 3.66. The third kappa shape index (κ3) is 6.06. The van der Waals surface area contributed by atoms with Crippen LogP contribution in [0.2, 0.25) is 0 Å². The number of ether oxygens (including phenoxy) is 1. The van der Waals surface area contributed by atoms with Crippen LogP contribution < -0.4 is 10.5 Å². The zero-order valence-corrected chi connectivity index (χ0v) is 18.3. The number of piperidine rings is 1. The number of rotatable bonds is 6. The highest BCUT2D eigenvalue weighted by Crippen LogP contribution is 2.37. The van der Waals surface area contributed by atoms with Gasteiger partial charge in [0.25, 0.3) is 10.2 Å². The van der Waals surface area contributed by atoms with Crippen LogP contribution >= 0.6 is 0 Å². The van der Waals surface area contributed by atoms with E-state index >= 15 is 0 Å². The Kier molecular flexibility index (Phi) is 7.15. The summed E-state index contributed by atoms with van der Waals surface area (Å²) < 4.78 is 96.8. The smallest absolute Gasteiger partial charge is 0.393 e. The summed E-state index contributed by atoms with van der Waals surface area (Å²) in [5.41, 5.74) is 6.30. The molecule has 2 atom stereocenters. The monoisotopic (exact) mass is 486 g/mol. The van der Waals surface area contributed by atoms with Crippen LogP contribution in [-0.2, 0) is 26.6 Å². The molecule has 3 heterocycles. The molecule has 0 amide bonds. The molecule has 14 heteroatoms. The Morgan fingerprint density at radius 3 is 2.48 bits per heavy atom. The third-order valence-corrected chi connectivity index (χ3v) is 9.00. The lowest BCUT2D eigenvalue weighted by atomic mass is 9.90. The van der Waals surface area contributed by atoms with Crippen LogP contribution in [0.5, 0.6) is 5.88 Å². The Labute approximate surface area is 179 Å². The minimum absolute atomic E-state index is 0.145. The van der Waals surface area contributed by atoms with Crippen molar-refractivity contribution in [2.75, 3.05) is 44.3 Å². The van der Waals surface area contributed by atoms with Gasteiger partial charge in [0, 0.05) is 50.9 Å². The first kappa shape index (κ1) is 24.2. The maximum absolute atomic E-state index is 13.5. The van der Waals surface area contributed by atoms with Crippen LogP contribution in [0.3, 0.4) is 0 Å². The van der Waals surface area contributed by atoms with Crippen LogP contribution in [0, 0.1) is 11.8 Å². The number of nitrogens with two attached hydrogens (primary N) is 1. The Morgan fingerprint density at radius 1 is 1.19 bits per heavy atom.